The Morgan fingerprint density at radius 1 is 1.07 bits per heavy atom. The second-order valence-electron chi connectivity index (χ2n) is 3.83. The Labute approximate surface area is 91.2 Å². The molecule has 0 aliphatic carbocycles. The Balaban J connectivity index is 2.72. The largest absolute Gasteiger partial charge is 0.515 e. The van der Waals surface area contributed by atoms with Crippen LogP contribution < -0.4 is 5.59 Å². The summed E-state index contributed by atoms with van der Waals surface area (Å²) in [5.41, 5.74) is 0.708. The Morgan fingerprint density at radius 2 is 1.67 bits per heavy atom. The summed E-state index contributed by atoms with van der Waals surface area (Å²) >= 11 is 0. The van der Waals surface area contributed by atoms with Crippen LogP contribution in [0.1, 0.15) is 27.7 Å². The van der Waals surface area contributed by atoms with Crippen molar-refractivity contribution in [1.82, 2.24) is 9.97 Å². The van der Waals surface area contributed by atoms with Crippen LogP contribution in [0.4, 0.5) is 0 Å². The van der Waals surface area contributed by atoms with E-state index in [9.17, 15) is 0 Å². The average Bonchev–Trinajstić information content (AvgIpc) is 2.17. The van der Waals surface area contributed by atoms with E-state index in [2.05, 4.69) is 9.97 Å². The first-order valence-corrected chi connectivity index (χ1v) is 5.16. The van der Waals surface area contributed by atoms with E-state index < -0.39 is 7.12 Å². The van der Waals surface area contributed by atoms with Crippen molar-refractivity contribution in [3.63, 3.8) is 0 Å². The lowest BCUT2D eigenvalue weighted by atomic mass is 9.84. The molecule has 0 bridgehead atoms. The highest BCUT2D eigenvalue weighted by Gasteiger charge is 2.25. The smallest absolute Gasteiger partial charge is 0.404 e. The number of hydrogen-bond donors (Lipinski definition) is 0. The van der Waals surface area contributed by atoms with Gasteiger partial charge in [0.25, 0.3) is 0 Å². The van der Waals surface area contributed by atoms with Crippen molar-refractivity contribution < 1.29 is 9.31 Å². The molecule has 0 aliphatic heterocycles. The maximum Gasteiger partial charge on any atom is 0.515 e. The summed E-state index contributed by atoms with van der Waals surface area (Å²) in [6, 6.07) is 0. The molecule has 0 spiro atoms. The first kappa shape index (κ1) is 12.1. The van der Waals surface area contributed by atoms with Crippen LogP contribution in [-0.2, 0) is 9.31 Å². The van der Waals surface area contributed by atoms with Crippen LogP contribution in [0.25, 0.3) is 0 Å². The van der Waals surface area contributed by atoms with Gasteiger partial charge in [0.1, 0.15) is 0 Å². The van der Waals surface area contributed by atoms with E-state index in [4.69, 9.17) is 9.31 Å². The molecule has 4 nitrogen and oxygen atoms in total. The monoisotopic (exact) mass is 208 g/mol. The van der Waals surface area contributed by atoms with Gasteiger partial charge >= 0.3 is 7.12 Å². The highest BCUT2D eigenvalue weighted by molar-refractivity contribution is 6.60. The second kappa shape index (κ2) is 5.83. The molecule has 1 aromatic rings. The fourth-order valence-corrected chi connectivity index (χ4v) is 1.10. The van der Waals surface area contributed by atoms with E-state index in [0.29, 0.717) is 5.59 Å². The lowest BCUT2D eigenvalue weighted by Gasteiger charge is -2.18. The molecular formula is C10H17BN2O2. The van der Waals surface area contributed by atoms with Gasteiger partial charge in [-0.2, -0.15) is 0 Å². The lowest BCUT2D eigenvalue weighted by molar-refractivity contribution is 0.138. The summed E-state index contributed by atoms with van der Waals surface area (Å²) in [6.07, 6.45) is 5.11. The zero-order valence-electron chi connectivity index (χ0n) is 9.68. The average molecular weight is 208 g/mol. The van der Waals surface area contributed by atoms with Gasteiger partial charge < -0.3 is 9.31 Å². The van der Waals surface area contributed by atoms with Crippen molar-refractivity contribution >= 4 is 12.7 Å². The van der Waals surface area contributed by atoms with Crippen molar-refractivity contribution in [2.75, 3.05) is 0 Å². The molecule has 5 heteroatoms. The molecule has 0 aromatic carbocycles. The predicted octanol–water partition coefficient (Wildman–Crippen LogP) is 1.02. The summed E-state index contributed by atoms with van der Waals surface area (Å²) in [5, 5.41) is 0. The third-order valence-electron chi connectivity index (χ3n) is 1.62. The number of nitrogens with zero attached hydrogens (tertiary/aromatic N) is 2. The summed E-state index contributed by atoms with van der Waals surface area (Å²) in [7, 11) is -0.432. The quantitative estimate of drug-likeness (QED) is 0.677. The normalized spacial score (nSPS) is 11.1. The molecule has 0 saturated heterocycles. The van der Waals surface area contributed by atoms with Gasteiger partial charge in [0.2, 0.25) is 0 Å². The van der Waals surface area contributed by atoms with Gasteiger partial charge in [-0.25, -0.2) is 0 Å². The molecule has 15 heavy (non-hydrogen) atoms. The van der Waals surface area contributed by atoms with Crippen LogP contribution in [0.3, 0.4) is 0 Å². The standard InChI is InChI=1S/C10H17BN2O2/c1-8(2)14-11(15-9(3)4)10-7-12-5-6-13-10/h5-9H,1-4H3. The third-order valence-corrected chi connectivity index (χ3v) is 1.62. The van der Waals surface area contributed by atoms with E-state index in [1.54, 1.807) is 18.6 Å². The minimum Gasteiger partial charge on any atom is -0.404 e. The molecule has 0 unspecified atom stereocenters. The highest BCUT2D eigenvalue weighted by Crippen LogP contribution is 1.99. The molecule has 0 radical (unpaired) electrons. The molecule has 1 rings (SSSR count). The first-order valence-electron chi connectivity index (χ1n) is 5.16. The Morgan fingerprint density at radius 3 is 2.07 bits per heavy atom. The van der Waals surface area contributed by atoms with E-state index in [1.165, 1.54) is 0 Å². The first-order chi connectivity index (χ1) is 7.09. The fraction of sp³-hybridized carbons (Fsp3) is 0.600. The summed E-state index contributed by atoms with van der Waals surface area (Å²) in [5.74, 6) is 0. The van der Waals surface area contributed by atoms with Crippen molar-refractivity contribution in [3.05, 3.63) is 18.6 Å². The van der Waals surface area contributed by atoms with E-state index in [-0.39, 0.29) is 12.2 Å². The van der Waals surface area contributed by atoms with Gasteiger partial charge in [0, 0.05) is 30.8 Å². The molecule has 0 atom stereocenters. The molecular weight excluding hydrogens is 191 g/mol. The maximum absolute atomic E-state index is 5.62. The van der Waals surface area contributed by atoms with Gasteiger partial charge in [0.15, 0.2) is 0 Å². The maximum atomic E-state index is 5.62. The Kier molecular flexibility index (Phi) is 4.71. The Hall–Kier alpha value is -0.935. The summed E-state index contributed by atoms with van der Waals surface area (Å²) < 4.78 is 11.2. The summed E-state index contributed by atoms with van der Waals surface area (Å²) in [4.78, 5) is 8.17. The summed E-state index contributed by atoms with van der Waals surface area (Å²) in [6.45, 7) is 7.86. The highest BCUT2D eigenvalue weighted by atomic mass is 16.6. The number of rotatable bonds is 5. The van der Waals surface area contributed by atoms with Crippen molar-refractivity contribution in [2.24, 2.45) is 0 Å². The van der Waals surface area contributed by atoms with Gasteiger partial charge in [-0.3, -0.25) is 9.97 Å². The van der Waals surface area contributed by atoms with Crippen molar-refractivity contribution in [1.29, 1.82) is 0 Å². The molecule has 0 amide bonds. The van der Waals surface area contributed by atoms with Crippen LogP contribution in [0.15, 0.2) is 18.6 Å². The van der Waals surface area contributed by atoms with Gasteiger partial charge in [0.05, 0.1) is 5.59 Å². The SMILES string of the molecule is CC(C)OB(OC(C)C)c1cnccn1. The fourth-order valence-electron chi connectivity index (χ4n) is 1.10. The van der Waals surface area contributed by atoms with Crippen molar-refractivity contribution in [3.8, 4) is 0 Å². The van der Waals surface area contributed by atoms with Gasteiger partial charge in [-0.15, -0.1) is 0 Å². The predicted molar refractivity (Wildman–Crippen MR) is 59.9 cm³/mol. The molecule has 1 heterocycles. The van der Waals surface area contributed by atoms with E-state index in [0.717, 1.165) is 0 Å². The second-order valence-corrected chi connectivity index (χ2v) is 3.83. The molecule has 0 saturated carbocycles. The zero-order chi connectivity index (χ0) is 11.3. The minimum absolute atomic E-state index is 0.0933. The lowest BCUT2D eigenvalue weighted by Crippen LogP contribution is -2.42. The van der Waals surface area contributed by atoms with Gasteiger partial charge in [-0.05, 0) is 27.7 Å². The minimum atomic E-state index is -0.432. The zero-order valence-corrected chi connectivity index (χ0v) is 9.68. The molecule has 1 aromatic heterocycles. The number of hydrogen-bond acceptors (Lipinski definition) is 4. The van der Waals surface area contributed by atoms with E-state index in [1.807, 2.05) is 27.7 Å². The molecule has 82 valence electrons. The third kappa shape index (κ3) is 4.40. The van der Waals surface area contributed by atoms with Crippen LogP contribution in [0.5, 0.6) is 0 Å². The van der Waals surface area contributed by atoms with E-state index >= 15 is 0 Å². The molecule has 0 fully saturated rings. The van der Waals surface area contributed by atoms with Crippen LogP contribution in [-0.4, -0.2) is 29.3 Å². The van der Waals surface area contributed by atoms with Crippen LogP contribution in [0, 0.1) is 0 Å². The number of aromatic nitrogens is 2. The van der Waals surface area contributed by atoms with Crippen LogP contribution >= 0.6 is 0 Å². The molecule has 0 aliphatic rings. The van der Waals surface area contributed by atoms with Gasteiger partial charge in [-0.1, -0.05) is 0 Å². The molecule has 0 N–H and O–H groups in total. The topological polar surface area (TPSA) is 44.2 Å². The van der Waals surface area contributed by atoms with Crippen molar-refractivity contribution in [2.45, 2.75) is 39.9 Å². The van der Waals surface area contributed by atoms with Crippen LogP contribution in [0.2, 0.25) is 0 Å². The Bertz CT molecular complexity index is 270.